The number of hydrogen-bond donors (Lipinski definition) is 1. The number of benzene rings is 1. The standard InChI is InChI=1S/C13H10ClN3O3S/c14-8-1-2-10-11(5-8)17(6-9-3-4-15-20-9)13(16-10)21-7-12(18)19/h1-5H,6-7H2,(H,18,19). The maximum atomic E-state index is 10.8. The van der Waals surface area contributed by atoms with E-state index >= 15 is 0 Å². The zero-order valence-corrected chi connectivity index (χ0v) is 12.3. The Morgan fingerprint density at radius 2 is 2.29 bits per heavy atom. The Morgan fingerprint density at radius 3 is 3.00 bits per heavy atom. The Hall–Kier alpha value is -1.99. The van der Waals surface area contributed by atoms with Gasteiger partial charge in [-0.3, -0.25) is 4.79 Å². The van der Waals surface area contributed by atoms with Gasteiger partial charge in [0.15, 0.2) is 10.9 Å². The van der Waals surface area contributed by atoms with Crippen molar-refractivity contribution < 1.29 is 14.4 Å². The van der Waals surface area contributed by atoms with E-state index in [4.69, 9.17) is 21.2 Å². The van der Waals surface area contributed by atoms with Crippen LogP contribution in [0.15, 0.2) is 40.1 Å². The van der Waals surface area contributed by atoms with Crippen molar-refractivity contribution in [2.75, 3.05) is 5.75 Å². The van der Waals surface area contributed by atoms with E-state index in [9.17, 15) is 4.79 Å². The number of thioether (sulfide) groups is 1. The van der Waals surface area contributed by atoms with Crippen LogP contribution >= 0.6 is 23.4 Å². The van der Waals surface area contributed by atoms with Crippen molar-refractivity contribution in [3.8, 4) is 0 Å². The van der Waals surface area contributed by atoms with Gasteiger partial charge in [-0.15, -0.1) is 0 Å². The second-order valence-corrected chi connectivity index (χ2v) is 5.65. The van der Waals surface area contributed by atoms with Crippen LogP contribution in [-0.2, 0) is 11.3 Å². The summed E-state index contributed by atoms with van der Waals surface area (Å²) in [5.74, 6) is -0.296. The van der Waals surface area contributed by atoms with Crippen LogP contribution in [0.2, 0.25) is 5.02 Å². The molecule has 1 N–H and O–H groups in total. The fourth-order valence-corrected chi connectivity index (χ4v) is 2.84. The number of halogens is 1. The van der Waals surface area contributed by atoms with Gasteiger partial charge in [0, 0.05) is 11.1 Å². The van der Waals surface area contributed by atoms with Crippen LogP contribution < -0.4 is 0 Å². The van der Waals surface area contributed by atoms with E-state index in [0.29, 0.717) is 22.5 Å². The van der Waals surface area contributed by atoms with Gasteiger partial charge in [0.2, 0.25) is 0 Å². The van der Waals surface area contributed by atoms with E-state index < -0.39 is 5.97 Å². The van der Waals surface area contributed by atoms with Gasteiger partial charge in [-0.1, -0.05) is 28.5 Å². The van der Waals surface area contributed by atoms with Crippen molar-refractivity contribution in [1.29, 1.82) is 0 Å². The lowest BCUT2D eigenvalue weighted by Crippen LogP contribution is -2.04. The third-order valence-corrected chi connectivity index (χ3v) is 4.00. The monoisotopic (exact) mass is 323 g/mol. The molecule has 0 unspecified atom stereocenters. The minimum atomic E-state index is -0.892. The highest BCUT2D eigenvalue weighted by molar-refractivity contribution is 7.99. The minimum absolute atomic E-state index is 0.0620. The van der Waals surface area contributed by atoms with Crippen molar-refractivity contribution in [2.24, 2.45) is 0 Å². The van der Waals surface area contributed by atoms with Crippen molar-refractivity contribution in [3.05, 3.63) is 41.2 Å². The summed E-state index contributed by atoms with van der Waals surface area (Å²) in [4.78, 5) is 15.2. The summed E-state index contributed by atoms with van der Waals surface area (Å²) >= 11 is 7.19. The molecule has 0 aliphatic heterocycles. The first-order valence-electron chi connectivity index (χ1n) is 6.03. The lowest BCUT2D eigenvalue weighted by molar-refractivity contribution is -0.133. The first-order chi connectivity index (χ1) is 10.1. The molecular weight excluding hydrogens is 314 g/mol. The number of rotatable bonds is 5. The van der Waals surface area contributed by atoms with Gasteiger partial charge in [-0.25, -0.2) is 4.98 Å². The molecule has 0 aliphatic carbocycles. The molecule has 0 saturated carbocycles. The highest BCUT2D eigenvalue weighted by Crippen LogP contribution is 2.27. The molecule has 0 aliphatic rings. The van der Waals surface area contributed by atoms with Crippen LogP contribution in [0.25, 0.3) is 11.0 Å². The average molecular weight is 324 g/mol. The van der Waals surface area contributed by atoms with E-state index in [-0.39, 0.29) is 5.75 Å². The fourth-order valence-electron chi connectivity index (χ4n) is 1.94. The van der Waals surface area contributed by atoms with Crippen molar-refractivity contribution >= 4 is 40.4 Å². The molecule has 2 aromatic heterocycles. The van der Waals surface area contributed by atoms with Gasteiger partial charge in [0.1, 0.15) is 0 Å². The topological polar surface area (TPSA) is 81.1 Å². The summed E-state index contributed by atoms with van der Waals surface area (Å²) in [6.07, 6.45) is 1.56. The van der Waals surface area contributed by atoms with Gasteiger partial charge in [0.05, 0.1) is 29.5 Å². The van der Waals surface area contributed by atoms with Crippen LogP contribution in [-0.4, -0.2) is 31.5 Å². The predicted octanol–water partition coefficient (Wildman–Crippen LogP) is 2.90. The van der Waals surface area contributed by atoms with E-state index in [1.807, 2.05) is 4.57 Å². The molecule has 6 nitrogen and oxygen atoms in total. The first kappa shape index (κ1) is 14.0. The molecule has 3 rings (SSSR count). The quantitative estimate of drug-likeness (QED) is 0.727. The lowest BCUT2D eigenvalue weighted by atomic mass is 10.3. The second-order valence-electron chi connectivity index (χ2n) is 4.27. The normalized spacial score (nSPS) is 11.1. The number of carboxylic acid groups (broad SMARTS) is 1. The summed E-state index contributed by atoms with van der Waals surface area (Å²) in [7, 11) is 0. The van der Waals surface area contributed by atoms with Crippen LogP contribution in [0.3, 0.4) is 0 Å². The molecular formula is C13H10ClN3O3S. The molecule has 0 bridgehead atoms. The molecule has 0 spiro atoms. The third-order valence-electron chi connectivity index (χ3n) is 2.81. The highest BCUT2D eigenvalue weighted by atomic mass is 35.5. The molecule has 0 fully saturated rings. The summed E-state index contributed by atoms with van der Waals surface area (Å²) in [5.41, 5.74) is 1.58. The molecule has 21 heavy (non-hydrogen) atoms. The highest BCUT2D eigenvalue weighted by Gasteiger charge is 2.14. The van der Waals surface area contributed by atoms with Crippen molar-refractivity contribution in [1.82, 2.24) is 14.7 Å². The summed E-state index contributed by atoms with van der Waals surface area (Å²) in [5, 5.41) is 13.7. The second kappa shape index (κ2) is 5.79. The van der Waals surface area contributed by atoms with Crippen LogP contribution in [0.1, 0.15) is 5.76 Å². The van der Waals surface area contributed by atoms with E-state index in [1.54, 1.807) is 30.5 Å². The number of aliphatic carboxylic acids is 1. The SMILES string of the molecule is O=C(O)CSc1nc2ccc(Cl)cc2n1Cc1ccno1. The van der Waals surface area contributed by atoms with Gasteiger partial charge >= 0.3 is 5.97 Å². The van der Waals surface area contributed by atoms with Gasteiger partial charge < -0.3 is 14.2 Å². The zero-order chi connectivity index (χ0) is 14.8. The molecule has 3 aromatic rings. The largest absolute Gasteiger partial charge is 0.481 e. The molecule has 0 amide bonds. The Kier molecular flexibility index (Phi) is 3.85. The Balaban J connectivity index is 2.04. The van der Waals surface area contributed by atoms with Gasteiger partial charge in [0.25, 0.3) is 0 Å². The van der Waals surface area contributed by atoms with E-state index in [0.717, 1.165) is 22.8 Å². The molecule has 8 heteroatoms. The molecule has 2 heterocycles. The number of nitrogens with zero attached hydrogens (tertiary/aromatic N) is 3. The number of imidazole rings is 1. The smallest absolute Gasteiger partial charge is 0.313 e. The Bertz CT molecular complexity index is 785. The van der Waals surface area contributed by atoms with E-state index in [1.165, 1.54) is 0 Å². The van der Waals surface area contributed by atoms with Crippen molar-refractivity contribution in [2.45, 2.75) is 11.7 Å². The lowest BCUT2D eigenvalue weighted by Gasteiger charge is -2.05. The molecule has 0 radical (unpaired) electrons. The molecule has 0 saturated heterocycles. The number of aromatic nitrogens is 3. The average Bonchev–Trinajstić information content (AvgIpc) is 3.06. The number of carbonyl (C=O) groups is 1. The third kappa shape index (κ3) is 3.03. The number of carboxylic acids is 1. The Labute approximate surface area is 128 Å². The molecule has 108 valence electrons. The summed E-state index contributed by atoms with van der Waals surface area (Å²) < 4.78 is 6.98. The van der Waals surface area contributed by atoms with Gasteiger partial charge in [-0.05, 0) is 18.2 Å². The maximum Gasteiger partial charge on any atom is 0.313 e. The predicted molar refractivity (Wildman–Crippen MR) is 78.7 cm³/mol. The summed E-state index contributed by atoms with van der Waals surface area (Å²) in [6.45, 7) is 0.415. The number of hydrogen-bond acceptors (Lipinski definition) is 5. The molecule has 0 atom stereocenters. The summed E-state index contributed by atoms with van der Waals surface area (Å²) in [6, 6.07) is 7.10. The molecule has 1 aromatic carbocycles. The number of fused-ring (bicyclic) bond motifs is 1. The fraction of sp³-hybridized carbons (Fsp3) is 0.154. The minimum Gasteiger partial charge on any atom is -0.481 e. The Morgan fingerprint density at radius 1 is 1.43 bits per heavy atom. The van der Waals surface area contributed by atoms with Crippen molar-refractivity contribution in [3.63, 3.8) is 0 Å². The first-order valence-corrected chi connectivity index (χ1v) is 7.40. The van der Waals surface area contributed by atoms with E-state index in [2.05, 4.69) is 10.1 Å². The van der Waals surface area contributed by atoms with Crippen LogP contribution in [0.4, 0.5) is 0 Å². The maximum absolute atomic E-state index is 10.8. The van der Waals surface area contributed by atoms with Crippen LogP contribution in [0.5, 0.6) is 0 Å². The van der Waals surface area contributed by atoms with Crippen LogP contribution in [0, 0.1) is 0 Å². The van der Waals surface area contributed by atoms with Gasteiger partial charge in [-0.2, -0.15) is 0 Å². The zero-order valence-electron chi connectivity index (χ0n) is 10.7.